The lowest BCUT2D eigenvalue weighted by Crippen LogP contribution is -2.37. The number of nitrogens with one attached hydrogen (secondary N) is 1. The summed E-state index contributed by atoms with van der Waals surface area (Å²) in [7, 11) is 0. The second-order valence-electron chi connectivity index (χ2n) is 6.20. The van der Waals surface area contributed by atoms with Crippen molar-refractivity contribution >= 4 is 17.5 Å². The van der Waals surface area contributed by atoms with Crippen molar-refractivity contribution in [1.29, 1.82) is 0 Å². The number of imidazole rings is 1. The van der Waals surface area contributed by atoms with E-state index < -0.39 is 6.10 Å². The highest BCUT2D eigenvalue weighted by Gasteiger charge is 2.18. The first-order valence-electron chi connectivity index (χ1n) is 8.86. The summed E-state index contributed by atoms with van der Waals surface area (Å²) in [5.74, 6) is 1.37. The Hall–Kier alpha value is -2.79. The van der Waals surface area contributed by atoms with Crippen LogP contribution < -0.4 is 10.1 Å². The van der Waals surface area contributed by atoms with E-state index in [1.165, 1.54) is 0 Å². The first kappa shape index (κ1) is 19.0. The number of hydrogen-bond donors (Lipinski definition) is 1. The van der Waals surface area contributed by atoms with E-state index in [0.29, 0.717) is 23.7 Å². The smallest absolute Gasteiger partial charge is 0.261 e. The van der Waals surface area contributed by atoms with Crippen molar-refractivity contribution in [2.24, 2.45) is 0 Å². The first-order chi connectivity index (χ1) is 13.1. The van der Waals surface area contributed by atoms with Gasteiger partial charge in [-0.15, -0.1) is 0 Å². The number of rotatable bonds is 7. The number of aryl methyl sites for hydroxylation is 1. The molecule has 2 aromatic carbocycles. The van der Waals surface area contributed by atoms with Gasteiger partial charge < -0.3 is 14.6 Å². The second-order valence-corrected chi connectivity index (χ2v) is 6.64. The van der Waals surface area contributed by atoms with E-state index >= 15 is 0 Å². The van der Waals surface area contributed by atoms with Gasteiger partial charge in [-0.25, -0.2) is 4.98 Å². The van der Waals surface area contributed by atoms with Crippen molar-refractivity contribution < 1.29 is 9.53 Å². The molecule has 0 fully saturated rings. The fraction of sp³-hybridized carbons (Fsp3) is 0.238. The highest BCUT2D eigenvalue weighted by molar-refractivity contribution is 6.30. The summed E-state index contributed by atoms with van der Waals surface area (Å²) >= 11 is 5.97. The minimum absolute atomic E-state index is 0.146. The molecule has 3 aromatic rings. The zero-order valence-corrected chi connectivity index (χ0v) is 16.1. The van der Waals surface area contributed by atoms with Crippen LogP contribution in [0.15, 0.2) is 60.9 Å². The largest absolute Gasteiger partial charge is 0.481 e. The summed E-state index contributed by atoms with van der Waals surface area (Å²) in [6.45, 7) is 4.31. The minimum atomic E-state index is -0.559. The van der Waals surface area contributed by atoms with Crippen LogP contribution in [0.1, 0.15) is 24.7 Å². The Morgan fingerprint density at radius 2 is 2.04 bits per heavy atom. The first-order valence-corrected chi connectivity index (χ1v) is 9.24. The molecule has 1 aromatic heterocycles. The number of halogens is 1. The molecule has 1 heterocycles. The van der Waals surface area contributed by atoms with Gasteiger partial charge in [-0.2, -0.15) is 0 Å². The van der Waals surface area contributed by atoms with Gasteiger partial charge in [0.1, 0.15) is 11.6 Å². The molecule has 1 amide bonds. The van der Waals surface area contributed by atoms with Gasteiger partial charge in [0.05, 0.1) is 0 Å². The van der Waals surface area contributed by atoms with Crippen molar-refractivity contribution in [3.05, 3.63) is 77.3 Å². The van der Waals surface area contributed by atoms with E-state index in [9.17, 15) is 4.79 Å². The molecule has 0 aliphatic heterocycles. The van der Waals surface area contributed by atoms with E-state index in [1.807, 2.05) is 48.9 Å². The lowest BCUT2D eigenvalue weighted by atomic mass is 10.2. The van der Waals surface area contributed by atoms with Gasteiger partial charge in [0.25, 0.3) is 5.91 Å². The summed E-state index contributed by atoms with van der Waals surface area (Å²) in [6.07, 6.45) is 3.70. The third-order valence-corrected chi connectivity index (χ3v) is 4.48. The molecule has 0 radical (unpaired) electrons. The number of nitrogens with zero attached hydrogens (tertiary/aromatic N) is 2. The minimum Gasteiger partial charge on any atom is -0.481 e. The summed E-state index contributed by atoms with van der Waals surface area (Å²) in [5, 5.41) is 3.51. The molecule has 0 saturated carbocycles. The molecule has 0 saturated heterocycles. The molecule has 6 heteroatoms. The molecule has 3 rings (SSSR count). The summed E-state index contributed by atoms with van der Waals surface area (Å²) in [6, 6.07) is 15.1. The number of ether oxygens (including phenoxy) is 1. The van der Waals surface area contributed by atoms with Crippen molar-refractivity contribution in [2.75, 3.05) is 0 Å². The van der Waals surface area contributed by atoms with Gasteiger partial charge >= 0.3 is 0 Å². The quantitative estimate of drug-likeness (QED) is 0.661. The molecular formula is C21H22ClN3O2. The Labute approximate surface area is 164 Å². The number of amides is 1. The van der Waals surface area contributed by atoms with Crippen molar-refractivity contribution in [3.8, 4) is 11.4 Å². The zero-order valence-electron chi connectivity index (χ0n) is 15.4. The Kier molecular flexibility index (Phi) is 6.14. The fourth-order valence-corrected chi connectivity index (χ4v) is 2.94. The molecule has 27 heavy (non-hydrogen) atoms. The average molecular weight is 384 g/mol. The Bertz CT molecular complexity index is 906. The van der Waals surface area contributed by atoms with Crippen LogP contribution in [-0.4, -0.2) is 21.6 Å². The van der Waals surface area contributed by atoms with E-state index in [2.05, 4.69) is 10.3 Å². The number of carbonyl (C=O) groups is 1. The molecule has 0 aliphatic rings. The standard InChI is InChI=1S/C21H22ClN3O2/c1-3-20(27-19-6-4-5-17(22)13-19)21(26)24-14-16-7-9-18(10-8-16)25-12-11-23-15(25)2/h4-13,20H,3,14H2,1-2H3,(H,24,26)/t20-/m1/s1. The van der Waals surface area contributed by atoms with E-state index in [-0.39, 0.29) is 5.91 Å². The van der Waals surface area contributed by atoms with Crippen molar-refractivity contribution in [1.82, 2.24) is 14.9 Å². The highest BCUT2D eigenvalue weighted by Crippen LogP contribution is 2.19. The maximum Gasteiger partial charge on any atom is 0.261 e. The highest BCUT2D eigenvalue weighted by atomic mass is 35.5. The van der Waals surface area contributed by atoms with Crippen molar-refractivity contribution in [2.45, 2.75) is 32.9 Å². The molecule has 1 N–H and O–H groups in total. The number of benzene rings is 2. The molecule has 5 nitrogen and oxygen atoms in total. The maximum absolute atomic E-state index is 12.5. The molecule has 0 aliphatic carbocycles. The predicted molar refractivity (Wildman–Crippen MR) is 106 cm³/mol. The fourth-order valence-electron chi connectivity index (χ4n) is 2.76. The predicted octanol–water partition coefficient (Wildman–Crippen LogP) is 4.31. The van der Waals surface area contributed by atoms with Crippen LogP contribution in [0.5, 0.6) is 5.75 Å². The third-order valence-electron chi connectivity index (χ3n) is 4.24. The Morgan fingerprint density at radius 3 is 2.67 bits per heavy atom. The van der Waals surface area contributed by atoms with E-state index in [1.54, 1.807) is 30.5 Å². The van der Waals surface area contributed by atoms with Crippen LogP contribution in [0, 0.1) is 6.92 Å². The molecule has 1 atom stereocenters. The van der Waals surface area contributed by atoms with Gasteiger partial charge in [0.15, 0.2) is 6.10 Å². The van der Waals surface area contributed by atoms with Crippen molar-refractivity contribution in [3.63, 3.8) is 0 Å². The maximum atomic E-state index is 12.5. The Balaban J connectivity index is 1.58. The van der Waals surface area contributed by atoms with Gasteiger partial charge in [-0.3, -0.25) is 4.79 Å². The monoisotopic (exact) mass is 383 g/mol. The molecule has 140 valence electrons. The third kappa shape index (κ3) is 4.89. The molecule has 0 spiro atoms. The lowest BCUT2D eigenvalue weighted by Gasteiger charge is -2.17. The molecular weight excluding hydrogens is 362 g/mol. The van der Waals surface area contributed by atoms with Gasteiger partial charge in [-0.1, -0.05) is 36.7 Å². The zero-order chi connectivity index (χ0) is 19.2. The Morgan fingerprint density at radius 1 is 1.26 bits per heavy atom. The van der Waals surface area contributed by atoms with Crippen LogP contribution in [0.4, 0.5) is 0 Å². The molecule has 0 unspecified atom stereocenters. The number of hydrogen-bond acceptors (Lipinski definition) is 3. The SMILES string of the molecule is CC[C@@H](Oc1cccc(Cl)c1)C(=O)NCc1ccc(-n2ccnc2C)cc1. The average Bonchev–Trinajstić information content (AvgIpc) is 3.10. The van der Waals surface area contributed by atoms with Gasteiger partial charge in [0, 0.05) is 29.6 Å². The second kappa shape index (κ2) is 8.73. The van der Waals surface area contributed by atoms with Gasteiger partial charge in [0.2, 0.25) is 0 Å². The van der Waals surface area contributed by atoms with E-state index in [4.69, 9.17) is 16.3 Å². The van der Waals surface area contributed by atoms with E-state index in [0.717, 1.165) is 17.1 Å². The normalized spacial score (nSPS) is 11.8. The van der Waals surface area contributed by atoms with Gasteiger partial charge in [-0.05, 0) is 49.2 Å². The lowest BCUT2D eigenvalue weighted by molar-refractivity contribution is -0.128. The topological polar surface area (TPSA) is 56.1 Å². The summed E-state index contributed by atoms with van der Waals surface area (Å²) in [5.41, 5.74) is 2.05. The van der Waals surface area contributed by atoms with Crippen LogP contribution >= 0.6 is 11.6 Å². The van der Waals surface area contributed by atoms with Crippen LogP contribution in [-0.2, 0) is 11.3 Å². The van der Waals surface area contributed by atoms with Crippen LogP contribution in [0.25, 0.3) is 5.69 Å². The summed E-state index contributed by atoms with van der Waals surface area (Å²) in [4.78, 5) is 16.7. The summed E-state index contributed by atoms with van der Waals surface area (Å²) < 4.78 is 7.78. The number of aromatic nitrogens is 2. The molecule has 0 bridgehead atoms. The van der Waals surface area contributed by atoms with Crippen LogP contribution in [0.2, 0.25) is 5.02 Å². The number of carbonyl (C=O) groups excluding carboxylic acids is 1. The van der Waals surface area contributed by atoms with Crippen LogP contribution in [0.3, 0.4) is 0 Å².